The van der Waals surface area contributed by atoms with Crippen LogP contribution >= 0.6 is 0 Å². The number of hydrogen-bond donors (Lipinski definition) is 1. The van der Waals surface area contributed by atoms with Crippen molar-refractivity contribution in [1.82, 2.24) is 4.98 Å². The molecule has 1 aliphatic carbocycles. The minimum atomic E-state index is 0.552. The zero-order chi connectivity index (χ0) is 13.0. The molecule has 100 valence electrons. The van der Waals surface area contributed by atoms with Crippen LogP contribution in [-0.2, 0) is 0 Å². The third-order valence-electron chi connectivity index (χ3n) is 4.38. The normalized spacial score (nSPS) is 28.1. The Balaban J connectivity index is 2.20. The molecule has 3 atom stereocenters. The Hall–Kier alpha value is -1.09. The maximum atomic E-state index is 5.94. The largest absolute Gasteiger partial charge is 0.495 e. The lowest BCUT2D eigenvalue weighted by Gasteiger charge is -2.35. The molecule has 3 nitrogen and oxygen atoms in total. The van der Waals surface area contributed by atoms with Gasteiger partial charge in [-0.3, -0.25) is 4.98 Å². The third-order valence-corrected chi connectivity index (χ3v) is 4.38. The molecule has 18 heavy (non-hydrogen) atoms. The quantitative estimate of drug-likeness (QED) is 0.891. The monoisotopic (exact) mass is 248 g/mol. The number of nitrogens with zero attached hydrogens (tertiary/aromatic N) is 1. The van der Waals surface area contributed by atoms with Crippen molar-refractivity contribution in [3.8, 4) is 5.75 Å². The lowest BCUT2D eigenvalue weighted by molar-refractivity contribution is 0.235. The summed E-state index contributed by atoms with van der Waals surface area (Å²) in [6.07, 6.45) is 8.83. The van der Waals surface area contributed by atoms with Gasteiger partial charge in [-0.15, -0.1) is 0 Å². The first-order valence-corrected chi connectivity index (χ1v) is 6.97. The SMILES string of the molecule is CCC1CCC(CN)C(c2cncc(OC)c2)C1. The van der Waals surface area contributed by atoms with E-state index in [1.54, 1.807) is 13.3 Å². The highest BCUT2D eigenvalue weighted by atomic mass is 16.5. The van der Waals surface area contributed by atoms with Crippen molar-refractivity contribution in [1.29, 1.82) is 0 Å². The summed E-state index contributed by atoms with van der Waals surface area (Å²) in [6, 6.07) is 2.12. The summed E-state index contributed by atoms with van der Waals surface area (Å²) in [5.74, 6) is 2.84. The molecule has 1 aliphatic rings. The van der Waals surface area contributed by atoms with Crippen molar-refractivity contribution >= 4 is 0 Å². The van der Waals surface area contributed by atoms with Crippen LogP contribution in [0.2, 0.25) is 0 Å². The second-order valence-corrected chi connectivity index (χ2v) is 5.35. The second-order valence-electron chi connectivity index (χ2n) is 5.35. The summed E-state index contributed by atoms with van der Waals surface area (Å²) < 4.78 is 5.27. The molecule has 0 saturated heterocycles. The average Bonchev–Trinajstić information content (AvgIpc) is 2.46. The van der Waals surface area contributed by atoms with Crippen LogP contribution in [0.15, 0.2) is 18.5 Å². The molecular weight excluding hydrogens is 224 g/mol. The molecule has 0 aromatic carbocycles. The topological polar surface area (TPSA) is 48.1 Å². The van der Waals surface area contributed by atoms with Crippen molar-refractivity contribution in [2.45, 2.75) is 38.5 Å². The fraction of sp³-hybridized carbons (Fsp3) is 0.667. The molecule has 0 bridgehead atoms. The van der Waals surface area contributed by atoms with Gasteiger partial charge in [0.25, 0.3) is 0 Å². The fourth-order valence-corrected chi connectivity index (χ4v) is 3.13. The van der Waals surface area contributed by atoms with Gasteiger partial charge in [-0.25, -0.2) is 0 Å². The Morgan fingerprint density at radius 2 is 2.22 bits per heavy atom. The molecule has 1 saturated carbocycles. The van der Waals surface area contributed by atoms with E-state index in [2.05, 4.69) is 18.0 Å². The minimum Gasteiger partial charge on any atom is -0.495 e. The average molecular weight is 248 g/mol. The van der Waals surface area contributed by atoms with Crippen molar-refractivity contribution < 1.29 is 4.74 Å². The van der Waals surface area contributed by atoms with Crippen molar-refractivity contribution in [2.75, 3.05) is 13.7 Å². The zero-order valence-corrected chi connectivity index (χ0v) is 11.4. The Morgan fingerprint density at radius 3 is 2.89 bits per heavy atom. The van der Waals surface area contributed by atoms with Crippen molar-refractivity contribution in [3.05, 3.63) is 24.0 Å². The summed E-state index contributed by atoms with van der Waals surface area (Å²) in [4.78, 5) is 4.28. The maximum absolute atomic E-state index is 5.94. The van der Waals surface area contributed by atoms with Crippen molar-refractivity contribution in [3.63, 3.8) is 0 Å². The van der Waals surface area contributed by atoms with E-state index in [4.69, 9.17) is 10.5 Å². The summed E-state index contributed by atoms with van der Waals surface area (Å²) in [7, 11) is 1.69. The first kappa shape index (κ1) is 13.3. The second kappa shape index (κ2) is 6.19. The summed E-state index contributed by atoms with van der Waals surface area (Å²) in [5.41, 5.74) is 7.23. The van der Waals surface area contributed by atoms with Gasteiger partial charge >= 0.3 is 0 Å². The highest BCUT2D eigenvalue weighted by Gasteiger charge is 2.30. The van der Waals surface area contributed by atoms with E-state index in [0.29, 0.717) is 11.8 Å². The molecule has 2 N–H and O–H groups in total. The first-order chi connectivity index (χ1) is 8.78. The number of ether oxygens (including phenoxy) is 1. The Morgan fingerprint density at radius 1 is 1.39 bits per heavy atom. The molecule has 0 amide bonds. The maximum Gasteiger partial charge on any atom is 0.137 e. The van der Waals surface area contributed by atoms with Gasteiger partial charge in [0, 0.05) is 6.20 Å². The van der Waals surface area contributed by atoms with Gasteiger partial charge < -0.3 is 10.5 Å². The molecule has 1 aromatic rings. The van der Waals surface area contributed by atoms with E-state index >= 15 is 0 Å². The van der Waals surface area contributed by atoms with Crippen LogP contribution in [-0.4, -0.2) is 18.6 Å². The Kier molecular flexibility index (Phi) is 4.59. The lowest BCUT2D eigenvalue weighted by atomic mass is 9.71. The number of rotatable bonds is 4. The van der Waals surface area contributed by atoms with Crippen LogP contribution in [0, 0.1) is 11.8 Å². The molecule has 1 heterocycles. The van der Waals surface area contributed by atoms with E-state index in [-0.39, 0.29) is 0 Å². The van der Waals surface area contributed by atoms with E-state index in [1.807, 2.05) is 6.20 Å². The van der Waals surface area contributed by atoms with E-state index < -0.39 is 0 Å². The lowest BCUT2D eigenvalue weighted by Crippen LogP contribution is -2.29. The number of pyridine rings is 1. The predicted octanol–water partition coefficient (Wildman–Crippen LogP) is 2.96. The fourth-order valence-electron chi connectivity index (χ4n) is 3.13. The molecule has 0 radical (unpaired) electrons. The molecule has 2 rings (SSSR count). The van der Waals surface area contributed by atoms with Gasteiger partial charge in [-0.05, 0) is 48.8 Å². The molecular formula is C15H24N2O. The number of nitrogens with two attached hydrogens (primary N) is 1. The highest BCUT2D eigenvalue weighted by Crippen LogP contribution is 2.41. The standard InChI is InChI=1S/C15H24N2O/c1-3-11-4-5-12(8-16)15(6-11)13-7-14(18-2)10-17-9-13/h7,9-12,15H,3-6,8,16H2,1-2H3. The molecule has 1 fully saturated rings. The predicted molar refractivity (Wildman–Crippen MR) is 73.7 cm³/mol. The molecule has 3 heteroatoms. The van der Waals surface area contributed by atoms with Crippen LogP contribution in [0.25, 0.3) is 0 Å². The van der Waals surface area contributed by atoms with Gasteiger partial charge in [-0.2, -0.15) is 0 Å². The van der Waals surface area contributed by atoms with Gasteiger partial charge in [0.15, 0.2) is 0 Å². The highest BCUT2D eigenvalue weighted by molar-refractivity contribution is 5.27. The molecule has 1 aromatic heterocycles. The van der Waals surface area contributed by atoms with Crippen molar-refractivity contribution in [2.24, 2.45) is 17.6 Å². The van der Waals surface area contributed by atoms with Crippen LogP contribution in [0.5, 0.6) is 5.75 Å². The van der Waals surface area contributed by atoms with E-state index in [1.165, 1.54) is 31.2 Å². The Bertz CT molecular complexity index is 381. The van der Waals surface area contributed by atoms with Gasteiger partial charge in [0.1, 0.15) is 5.75 Å². The number of aromatic nitrogens is 1. The molecule has 0 spiro atoms. The first-order valence-electron chi connectivity index (χ1n) is 6.97. The number of hydrogen-bond acceptors (Lipinski definition) is 3. The van der Waals surface area contributed by atoms with E-state index in [0.717, 1.165) is 18.2 Å². The summed E-state index contributed by atoms with van der Waals surface area (Å²) in [6.45, 7) is 3.06. The number of methoxy groups -OCH3 is 1. The van der Waals surface area contributed by atoms with E-state index in [9.17, 15) is 0 Å². The van der Waals surface area contributed by atoms with Gasteiger partial charge in [-0.1, -0.05) is 19.8 Å². The summed E-state index contributed by atoms with van der Waals surface area (Å²) >= 11 is 0. The third kappa shape index (κ3) is 2.83. The smallest absolute Gasteiger partial charge is 0.137 e. The van der Waals surface area contributed by atoms with Crippen LogP contribution in [0.3, 0.4) is 0 Å². The van der Waals surface area contributed by atoms with Crippen LogP contribution in [0.4, 0.5) is 0 Å². The minimum absolute atomic E-state index is 0.552. The van der Waals surface area contributed by atoms with Gasteiger partial charge in [0.05, 0.1) is 13.3 Å². The van der Waals surface area contributed by atoms with Gasteiger partial charge in [0.2, 0.25) is 0 Å². The van der Waals surface area contributed by atoms with Crippen LogP contribution < -0.4 is 10.5 Å². The summed E-state index contributed by atoms with van der Waals surface area (Å²) in [5, 5.41) is 0. The molecule has 3 unspecified atom stereocenters. The van der Waals surface area contributed by atoms with Crippen LogP contribution in [0.1, 0.15) is 44.1 Å². The zero-order valence-electron chi connectivity index (χ0n) is 11.4. The molecule has 0 aliphatic heterocycles. The Labute approximate surface area is 110 Å².